The zero-order valence-electron chi connectivity index (χ0n) is 16.2. The van der Waals surface area contributed by atoms with Gasteiger partial charge in [0.15, 0.2) is 5.65 Å². The van der Waals surface area contributed by atoms with Crippen LogP contribution >= 0.6 is 0 Å². The molecule has 1 aliphatic heterocycles. The number of pyridine rings is 1. The number of carbonyl (C=O) groups excluding carboxylic acids is 1. The number of amides is 2. The van der Waals surface area contributed by atoms with Crippen LogP contribution < -0.4 is 5.32 Å². The second kappa shape index (κ2) is 7.58. The van der Waals surface area contributed by atoms with Crippen molar-refractivity contribution in [2.24, 2.45) is 0 Å². The number of hydrogen-bond donors (Lipinski definition) is 1. The van der Waals surface area contributed by atoms with E-state index in [1.807, 2.05) is 12.1 Å². The largest absolute Gasteiger partial charge is 0.324 e. The lowest BCUT2D eigenvalue weighted by molar-refractivity contribution is 0.222. The molecule has 2 amide bonds. The maximum Gasteiger partial charge on any atom is 0.321 e. The molecule has 0 unspecified atom stereocenters. The summed E-state index contributed by atoms with van der Waals surface area (Å²) < 4.78 is 15.9. The fourth-order valence-corrected chi connectivity index (χ4v) is 3.76. The Balaban J connectivity index is 1.51. The van der Waals surface area contributed by atoms with Crippen LogP contribution in [0, 0.1) is 12.7 Å². The summed E-state index contributed by atoms with van der Waals surface area (Å²) in [6.45, 7) is 5.92. The third kappa shape index (κ3) is 3.44. The van der Waals surface area contributed by atoms with Crippen LogP contribution in [0.5, 0.6) is 0 Å². The van der Waals surface area contributed by atoms with E-state index in [4.69, 9.17) is 4.98 Å². The summed E-state index contributed by atoms with van der Waals surface area (Å²) >= 11 is 0. The molecular formula is C21H24FN5O. The molecule has 0 spiro atoms. The fourth-order valence-electron chi connectivity index (χ4n) is 3.76. The number of rotatable bonds is 4. The molecule has 0 bridgehead atoms. The standard InChI is InChI=1S/C21H24FN5O/c1-3-10-27-19(25-18-5-4-9-23-20(18)27)15-8-11-26(13-15)21(28)24-16-7-6-14(2)17(22)12-16/h4-7,9,12,15H,3,8,10-11,13H2,1-2H3,(H,24,28)/t15-/m0/s1. The highest BCUT2D eigenvalue weighted by atomic mass is 19.1. The zero-order valence-corrected chi connectivity index (χ0v) is 16.2. The molecule has 0 aliphatic carbocycles. The first-order valence-electron chi connectivity index (χ1n) is 9.70. The second-order valence-corrected chi connectivity index (χ2v) is 7.29. The number of nitrogens with zero attached hydrogens (tertiary/aromatic N) is 4. The summed E-state index contributed by atoms with van der Waals surface area (Å²) in [4.78, 5) is 23.7. The Morgan fingerprint density at radius 1 is 1.36 bits per heavy atom. The molecular weight excluding hydrogens is 357 g/mol. The van der Waals surface area contributed by atoms with Gasteiger partial charge in [0, 0.05) is 37.4 Å². The quantitative estimate of drug-likeness (QED) is 0.732. The first-order valence-corrected chi connectivity index (χ1v) is 9.70. The number of aryl methyl sites for hydroxylation is 2. The molecule has 1 fully saturated rings. The van der Waals surface area contributed by atoms with Crippen molar-refractivity contribution in [2.45, 2.75) is 39.2 Å². The van der Waals surface area contributed by atoms with E-state index in [-0.39, 0.29) is 17.8 Å². The normalized spacial score (nSPS) is 16.7. The van der Waals surface area contributed by atoms with Crippen LogP contribution in [0.2, 0.25) is 0 Å². The van der Waals surface area contributed by atoms with E-state index >= 15 is 0 Å². The van der Waals surface area contributed by atoms with Crippen molar-refractivity contribution in [3.05, 3.63) is 53.7 Å². The number of urea groups is 1. The van der Waals surface area contributed by atoms with Crippen LogP contribution in [0.4, 0.5) is 14.9 Å². The van der Waals surface area contributed by atoms with Crippen molar-refractivity contribution >= 4 is 22.9 Å². The van der Waals surface area contributed by atoms with E-state index in [0.717, 1.165) is 36.4 Å². The van der Waals surface area contributed by atoms with Crippen LogP contribution in [0.25, 0.3) is 11.2 Å². The number of imidazole rings is 1. The van der Waals surface area contributed by atoms with Crippen LogP contribution in [-0.2, 0) is 6.54 Å². The second-order valence-electron chi connectivity index (χ2n) is 7.29. The molecule has 0 saturated carbocycles. The Kier molecular flexibility index (Phi) is 4.98. The fraction of sp³-hybridized carbons (Fsp3) is 0.381. The van der Waals surface area contributed by atoms with Gasteiger partial charge in [0.1, 0.15) is 17.2 Å². The van der Waals surface area contributed by atoms with Gasteiger partial charge in [0.25, 0.3) is 0 Å². The third-order valence-corrected chi connectivity index (χ3v) is 5.24. The average Bonchev–Trinajstić information content (AvgIpc) is 3.30. The Hall–Kier alpha value is -2.96. The van der Waals surface area contributed by atoms with Crippen LogP contribution in [0.3, 0.4) is 0 Å². The summed E-state index contributed by atoms with van der Waals surface area (Å²) in [6.07, 6.45) is 3.63. The summed E-state index contributed by atoms with van der Waals surface area (Å²) in [7, 11) is 0. The molecule has 3 aromatic rings. The van der Waals surface area contributed by atoms with Gasteiger partial charge in [-0.1, -0.05) is 13.0 Å². The number of carbonyl (C=O) groups is 1. The number of fused-ring (bicyclic) bond motifs is 1. The minimum absolute atomic E-state index is 0.168. The van der Waals surface area contributed by atoms with E-state index in [9.17, 15) is 9.18 Å². The number of nitrogens with one attached hydrogen (secondary N) is 1. The summed E-state index contributed by atoms with van der Waals surface area (Å²) in [5.41, 5.74) is 2.82. The van der Waals surface area contributed by atoms with Crippen molar-refractivity contribution in [2.75, 3.05) is 18.4 Å². The number of halogens is 1. The van der Waals surface area contributed by atoms with Crippen LogP contribution in [0.15, 0.2) is 36.5 Å². The zero-order chi connectivity index (χ0) is 19.7. The van der Waals surface area contributed by atoms with Crippen molar-refractivity contribution in [1.82, 2.24) is 19.4 Å². The molecule has 1 saturated heterocycles. The van der Waals surface area contributed by atoms with Crippen molar-refractivity contribution < 1.29 is 9.18 Å². The van der Waals surface area contributed by atoms with Gasteiger partial charge in [-0.15, -0.1) is 0 Å². The predicted molar refractivity (Wildman–Crippen MR) is 107 cm³/mol. The summed E-state index contributed by atoms with van der Waals surface area (Å²) in [6, 6.07) is 8.40. The molecule has 2 aromatic heterocycles. The van der Waals surface area contributed by atoms with E-state index in [1.165, 1.54) is 6.07 Å². The number of benzene rings is 1. The van der Waals surface area contributed by atoms with E-state index in [2.05, 4.69) is 21.8 Å². The smallest absolute Gasteiger partial charge is 0.321 e. The average molecular weight is 381 g/mol. The Bertz CT molecular complexity index is 1020. The van der Waals surface area contributed by atoms with E-state index in [1.54, 1.807) is 30.2 Å². The van der Waals surface area contributed by atoms with Gasteiger partial charge in [-0.3, -0.25) is 0 Å². The minimum Gasteiger partial charge on any atom is -0.324 e. The lowest BCUT2D eigenvalue weighted by Gasteiger charge is -2.18. The molecule has 146 valence electrons. The topological polar surface area (TPSA) is 63.1 Å². The van der Waals surface area contributed by atoms with E-state index in [0.29, 0.717) is 24.3 Å². The first kappa shape index (κ1) is 18.4. The molecule has 1 N–H and O–H groups in total. The summed E-state index contributed by atoms with van der Waals surface area (Å²) in [5.74, 6) is 0.839. The molecule has 0 radical (unpaired) electrons. The van der Waals surface area contributed by atoms with Crippen molar-refractivity contribution in [3.63, 3.8) is 0 Å². The Labute approximate surface area is 163 Å². The minimum atomic E-state index is -0.321. The van der Waals surface area contributed by atoms with Gasteiger partial charge in [0.05, 0.1) is 0 Å². The lowest BCUT2D eigenvalue weighted by atomic mass is 10.1. The molecule has 1 atom stereocenters. The van der Waals surface area contributed by atoms with E-state index < -0.39 is 0 Å². The van der Waals surface area contributed by atoms with Gasteiger partial charge in [-0.05, 0) is 49.6 Å². The highest BCUT2D eigenvalue weighted by Crippen LogP contribution is 2.29. The Morgan fingerprint density at radius 3 is 3.00 bits per heavy atom. The summed E-state index contributed by atoms with van der Waals surface area (Å²) in [5, 5.41) is 2.80. The molecule has 4 rings (SSSR count). The SMILES string of the molecule is CCCn1c([C@H]2CCN(C(=O)Nc3ccc(C)c(F)c3)C2)nc2cccnc21. The molecule has 28 heavy (non-hydrogen) atoms. The van der Waals surface area contributed by atoms with Gasteiger partial charge in [-0.2, -0.15) is 0 Å². The van der Waals surface area contributed by atoms with Crippen molar-refractivity contribution in [1.29, 1.82) is 0 Å². The first-order chi connectivity index (χ1) is 13.6. The van der Waals surface area contributed by atoms with Gasteiger partial charge < -0.3 is 14.8 Å². The van der Waals surface area contributed by atoms with Crippen LogP contribution in [-0.4, -0.2) is 38.6 Å². The number of likely N-dealkylation sites (tertiary alicyclic amines) is 1. The molecule has 7 heteroatoms. The lowest BCUT2D eigenvalue weighted by Crippen LogP contribution is -2.33. The highest BCUT2D eigenvalue weighted by Gasteiger charge is 2.31. The molecule has 3 heterocycles. The van der Waals surface area contributed by atoms with Crippen molar-refractivity contribution in [3.8, 4) is 0 Å². The predicted octanol–water partition coefficient (Wildman–Crippen LogP) is 4.31. The number of anilines is 1. The Morgan fingerprint density at radius 2 is 2.21 bits per heavy atom. The molecule has 1 aliphatic rings. The molecule has 6 nitrogen and oxygen atoms in total. The van der Waals surface area contributed by atoms with Gasteiger partial charge >= 0.3 is 6.03 Å². The maximum absolute atomic E-state index is 13.7. The van der Waals surface area contributed by atoms with Crippen LogP contribution in [0.1, 0.15) is 37.1 Å². The third-order valence-electron chi connectivity index (χ3n) is 5.24. The highest BCUT2D eigenvalue weighted by molar-refractivity contribution is 5.89. The maximum atomic E-state index is 13.7. The molecule has 1 aromatic carbocycles. The number of aromatic nitrogens is 3. The number of hydrogen-bond acceptors (Lipinski definition) is 3. The van der Waals surface area contributed by atoms with Gasteiger partial charge in [0.2, 0.25) is 0 Å². The monoisotopic (exact) mass is 381 g/mol. The van der Waals surface area contributed by atoms with Gasteiger partial charge in [-0.25, -0.2) is 19.2 Å².